The number of carbonyl (C=O) groups is 4. The van der Waals surface area contributed by atoms with E-state index in [2.05, 4.69) is 10.6 Å². The Morgan fingerprint density at radius 3 is 2.54 bits per heavy atom. The fourth-order valence-corrected chi connectivity index (χ4v) is 4.82. The molecule has 1 saturated heterocycles. The molecule has 10 heteroatoms. The van der Waals surface area contributed by atoms with Gasteiger partial charge in [0, 0.05) is 31.1 Å². The summed E-state index contributed by atoms with van der Waals surface area (Å²) in [5.41, 5.74) is 2.49. The third-order valence-electron chi connectivity index (χ3n) is 6.75. The van der Waals surface area contributed by atoms with Crippen molar-refractivity contribution in [3.05, 3.63) is 70.3 Å². The Morgan fingerprint density at radius 2 is 1.83 bits per heavy atom. The van der Waals surface area contributed by atoms with Crippen molar-refractivity contribution < 1.29 is 32.7 Å². The lowest BCUT2D eigenvalue weighted by Crippen LogP contribution is -2.52. The highest BCUT2D eigenvalue weighted by Gasteiger charge is 2.39. The lowest BCUT2D eigenvalue weighted by atomic mass is 9.77. The molecular weight excluding hydrogens is 460 g/mol. The number of carbonyl (C=O) groups excluding carboxylic acids is 4. The van der Waals surface area contributed by atoms with Crippen molar-refractivity contribution in [3.63, 3.8) is 0 Å². The highest BCUT2D eigenvalue weighted by atomic mass is 19.1. The van der Waals surface area contributed by atoms with Gasteiger partial charge in [-0.15, -0.1) is 0 Å². The quantitative estimate of drug-likeness (QED) is 0.637. The van der Waals surface area contributed by atoms with Crippen LogP contribution in [0.15, 0.2) is 36.4 Å². The number of nitrogens with zero attached hydrogens (tertiary/aromatic N) is 1. The molecule has 2 heterocycles. The summed E-state index contributed by atoms with van der Waals surface area (Å²) in [5.74, 6) is -2.41. The summed E-state index contributed by atoms with van der Waals surface area (Å²) in [6.07, 6.45) is 0.501. The van der Waals surface area contributed by atoms with Gasteiger partial charge in [-0.2, -0.15) is 0 Å². The highest BCUT2D eigenvalue weighted by Crippen LogP contribution is 2.39. The van der Waals surface area contributed by atoms with Crippen LogP contribution in [0, 0.1) is 11.6 Å². The highest BCUT2D eigenvalue weighted by molar-refractivity contribution is 6.05. The third kappa shape index (κ3) is 4.73. The molecule has 0 bridgehead atoms. The van der Waals surface area contributed by atoms with Crippen LogP contribution in [0.3, 0.4) is 0 Å². The molecule has 0 radical (unpaired) electrons. The minimum absolute atomic E-state index is 0.0620. The zero-order valence-electron chi connectivity index (χ0n) is 18.7. The molecule has 1 saturated carbocycles. The van der Waals surface area contributed by atoms with Gasteiger partial charge < -0.3 is 15.0 Å². The molecule has 2 aromatic rings. The van der Waals surface area contributed by atoms with Gasteiger partial charge in [-0.25, -0.2) is 13.6 Å². The Morgan fingerprint density at radius 1 is 1.09 bits per heavy atom. The van der Waals surface area contributed by atoms with Gasteiger partial charge in [-0.05, 0) is 60.1 Å². The fraction of sp³-hybridized carbons (Fsp3) is 0.360. The number of halogens is 2. The summed E-state index contributed by atoms with van der Waals surface area (Å²) >= 11 is 0. The molecule has 0 spiro atoms. The van der Waals surface area contributed by atoms with E-state index in [0.717, 1.165) is 11.6 Å². The molecular formula is C25H23F2N3O5. The standard InChI is InChI=1S/C25H23F2N3O5/c26-17-6-15(7-18(27)10-17)16-8-19(9-16)35-25(34)28-11-13-1-2-14-12-30(24(33)20(14)5-13)21-3-4-22(31)29-23(21)32/h1-2,5-7,10,16,19,21H,3-4,8-9,11-12H2,(H,28,34)(H,29,31,32). The van der Waals surface area contributed by atoms with Crippen molar-refractivity contribution in [2.75, 3.05) is 0 Å². The van der Waals surface area contributed by atoms with E-state index in [1.807, 2.05) is 0 Å². The van der Waals surface area contributed by atoms with Crippen LogP contribution >= 0.6 is 0 Å². The van der Waals surface area contributed by atoms with Crippen LogP contribution in [-0.2, 0) is 27.4 Å². The largest absolute Gasteiger partial charge is 0.446 e. The molecule has 2 aliphatic heterocycles. The molecule has 182 valence electrons. The van der Waals surface area contributed by atoms with Crippen molar-refractivity contribution in [3.8, 4) is 0 Å². The number of alkyl carbamates (subject to hydrolysis) is 1. The lowest BCUT2D eigenvalue weighted by Gasteiger charge is -2.34. The molecule has 2 N–H and O–H groups in total. The van der Waals surface area contributed by atoms with Crippen LogP contribution in [0.5, 0.6) is 0 Å². The van der Waals surface area contributed by atoms with Crippen molar-refractivity contribution in [1.82, 2.24) is 15.5 Å². The minimum Gasteiger partial charge on any atom is -0.446 e. The van der Waals surface area contributed by atoms with Crippen LogP contribution in [0.2, 0.25) is 0 Å². The summed E-state index contributed by atoms with van der Waals surface area (Å²) in [6, 6.07) is 7.99. The number of piperidine rings is 1. The number of ether oxygens (including phenoxy) is 1. The van der Waals surface area contributed by atoms with Gasteiger partial charge in [0.15, 0.2) is 0 Å². The van der Waals surface area contributed by atoms with Crippen molar-refractivity contribution >= 4 is 23.8 Å². The second-order valence-electron chi connectivity index (χ2n) is 9.14. The molecule has 1 unspecified atom stereocenters. The van der Waals surface area contributed by atoms with Gasteiger partial charge >= 0.3 is 6.09 Å². The number of benzene rings is 2. The smallest absolute Gasteiger partial charge is 0.407 e. The van der Waals surface area contributed by atoms with Gasteiger partial charge in [-0.1, -0.05) is 12.1 Å². The molecule has 2 fully saturated rings. The molecule has 5 rings (SSSR count). The topological polar surface area (TPSA) is 105 Å². The molecule has 35 heavy (non-hydrogen) atoms. The number of amides is 4. The SMILES string of the molecule is O=C1CCC(N2Cc3ccc(CNC(=O)OC4CC(c5cc(F)cc(F)c5)C4)cc3C2=O)C(=O)N1. The summed E-state index contributed by atoms with van der Waals surface area (Å²) < 4.78 is 32.1. The van der Waals surface area contributed by atoms with Gasteiger partial charge in [-0.3, -0.25) is 19.7 Å². The Labute approximate surface area is 199 Å². The van der Waals surface area contributed by atoms with Crippen LogP contribution in [0.25, 0.3) is 0 Å². The maximum atomic E-state index is 13.4. The average molecular weight is 483 g/mol. The molecule has 8 nitrogen and oxygen atoms in total. The lowest BCUT2D eigenvalue weighted by molar-refractivity contribution is -0.136. The predicted octanol–water partition coefficient (Wildman–Crippen LogP) is 2.90. The summed E-state index contributed by atoms with van der Waals surface area (Å²) in [4.78, 5) is 50.1. The summed E-state index contributed by atoms with van der Waals surface area (Å²) in [6.45, 7) is 0.428. The van der Waals surface area contributed by atoms with E-state index in [0.29, 0.717) is 36.0 Å². The van der Waals surface area contributed by atoms with Crippen LogP contribution in [0.4, 0.5) is 13.6 Å². The maximum Gasteiger partial charge on any atom is 0.407 e. The molecule has 2 aromatic carbocycles. The van der Waals surface area contributed by atoms with Gasteiger partial charge in [0.1, 0.15) is 23.8 Å². The Hall–Kier alpha value is -3.82. The third-order valence-corrected chi connectivity index (χ3v) is 6.75. The van der Waals surface area contributed by atoms with Gasteiger partial charge in [0.2, 0.25) is 11.8 Å². The number of hydrogen-bond acceptors (Lipinski definition) is 5. The first-order valence-electron chi connectivity index (χ1n) is 11.4. The van der Waals surface area contributed by atoms with E-state index in [4.69, 9.17) is 4.74 Å². The minimum atomic E-state index is -0.681. The number of rotatable bonds is 5. The number of imide groups is 1. The second kappa shape index (κ2) is 9.09. The molecule has 1 atom stereocenters. The van der Waals surface area contributed by atoms with Crippen molar-refractivity contribution in [1.29, 1.82) is 0 Å². The van der Waals surface area contributed by atoms with Crippen LogP contribution < -0.4 is 10.6 Å². The fourth-order valence-electron chi connectivity index (χ4n) is 4.82. The predicted molar refractivity (Wildman–Crippen MR) is 118 cm³/mol. The second-order valence-corrected chi connectivity index (χ2v) is 9.14. The molecule has 3 aliphatic rings. The van der Waals surface area contributed by atoms with Crippen LogP contribution in [-0.4, -0.2) is 40.9 Å². The maximum absolute atomic E-state index is 13.4. The van der Waals surface area contributed by atoms with Gasteiger partial charge in [0.05, 0.1) is 0 Å². The average Bonchev–Trinajstić information content (AvgIpc) is 3.09. The zero-order chi connectivity index (χ0) is 24.7. The first-order chi connectivity index (χ1) is 16.8. The molecule has 4 amide bonds. The normalized spacial score (nSPS) is 23.4. The number of nitrogens with one attached hydrogen (secondary N) is 2. The first kappa shape index (κ1) is 22.9. The van der Waals surface area contributed by atoms with Crippen molar-refractivity contribution in [2.24, 2.45) is 0 Å². The number of fused-ring (bicyclic) bond motifs is 1. The van der Waals surface area contributed by atoms with Crippen molar-refractivity contribution in [2.45, 2.75) is 56.8 Å². The van der Waals surface area contributed by atoms with E-state index < -0.39 is 29.7 Å². The zero-order valence-corrected chi connectivity index (χ0v) is 18.7. The Balaban J connectivity index is 1.12. The van der Waals surface area contributed by atoms with E-state index in [1.165, 1.54) is 17.0 Å². The van der Waals surface area contributed by atoms with Gasteiger partial charge in [0.25, 0.3) is 5.91 Å². The van der Waals surface area contributed by atoms with E-state index in [1.54, 1.807) is 18.2 Å². The van der Waals surface area contributed by atoms with Crippen LogP contribution in [0.1, 0.15) is 58.6 Å². The summed E-state index contributed by atoms with van der Waals surface area (Å²) in [7, 11) is 0. The Bertz CT molecular complexity index is 1210. The first-order valence-corrected chi connectivity index (χ1v) is 11.4. The molecule has 1 aliphatic carbocycles. The van der Waals surface area contributed by atoms with E-state index in [-0.39, 0.29) is 43.3 Å². The van der Waals surface area contributed by atoms with E-state index >= 15 is 0 Å². The summed E-state index contributed by atoms with van der Waals surface area (Å²) in [5, 5.41) is 4.93. The Kier molecular flexibility index (Phi) is 5.96. The number of hydrogen-bond donors (Lipinski definition) is 2. The molecule has 0 aromatic heterocycles. The van der Waals surface area contributed by atoms with E-state index in [9.17, 15) is 28.0 Å². The monoisotopic (exact) mass is 483 g/mol.